The monoisotopic (exact) mass is 307 g/mol. The van der Waals surface area contributed by atoms with Gasteiger partial charge in [0.1, 0.15) is 11.8 Å². The Balaban J connectivity index is 2.52. The van der Waals surface area contributed by atoms with Crippen LogP contribution in [-0.2, 0) is 14.4 Å². The third-order valence-electron chi connectivity index (χ3n) is 3.50. The van der Waals surface area contributed by atoms with Crippen molar-refractivity contribution < 1.29 is 29.3 Å². The first-order valence-electron chi connectivity index (χ1n) is 6.90. The first-order chi connectivity index (χ1) is 10.3. The van der Waals surface area contributed by atoms with Crippen LogP contribution < -0.4 is 9.64 Å². The molecule has 2 atom stereocenters. The minimum absolute atomic E-state index is 0.203. The molecule has 1 aliphatic heterocycles. The van der Waals surface area contributed by atoms with E-state index >= 15 is 0 Å². The third-order valence-corrected chi connectivity index (χ3v) is 3.50. The molecule has 118 valence electrons. The Bertz CT molecular complexity index is 626. The molecule has 1 amide bonds. The second-order valence-corrected chi connectivity index (χ2v) is 5.15. The van der Waals surface area contributed by atoms with Gasteiger partial charge in [-0.3, -0.25) is 14.5 Å². The molecule has 2 rings (SSSR count). The first kappa shape index (κ1) is 15.8. The Kier molecular flexibility index (Phi) is 4.35. The SMILES string of the molecule is CCC(C(=O)O)N1C(=O)C(CC(=O)O)Oc2ccc(C)cc21. The number of hydrogen-bond donors (Lipinski definition) is 2. The maximum Gasteiger partial charge on any atom is 0.326 e. The van der Waals surface area contributed by atoms with Crippen molar-refractivity contribution in [3.8, 4) is 5.75 Å². The second kappa shape index (κ2) is 6.05. The summed E-state index contributed by atoms with van der Waals surface area (Å²) in [4.78, 5) is 36.0. The van der Waals surface area contributed by atoms with Crippen LogP contribution in [-0.4, -0.2) is 40.2 Å². The van der Waals surface area contributed by atoms with Crippen molar-refractivity contribution in [2.45, 2.75) is 38.8 Å². The Morgan fingerprint density at radius 2 is 2.05 bits per heavy atom. The van der Waals surface area contributed by atoms with Crippen molar-refractivity contribution in [1.29, 1.82) is 0 Å². The lowest BCUT2D eigenvalue weighted by atomic mass is 10.0. The number of carbonyl (C=O) groups excluding carboxylic acids is 1. The van der Waals surface area contributed by atoms with Crippen LogP contribution in [0.1, 0.15) is 25.3 Å². The van der Waals surface area contributed by atoms with Crippen molar-refractivity contribution in [1.82, 2.24) is 0 Å². The lowest BCUT2D eigenvalue weighted by molar-refractivity contribution is -0.144. The fraction of sp³-hybridized carbons (Fsp3) is 0.400. The summed E-state index contributed by atoms with van der Waals surface area (Å²) in [5.41, 5.74) is 1.21. The molecule has 2 unspecified atom stereocenters. The molecular weight excluding hydrogens is 290 g/mol. The van der Waals surface area contributed by atoms with Gasteiger partial charge in [-0.05, 0) is 31.0 Å². The predicted octanol–water partition coefficient (Wildman–Crippen LogP) is 1.43. The van der Waals surface area contributed by atoms with Crippen molar-refractivity contribution in [3.63, 3.8) is 0 Å². The van der Waals surface area contributed by atoms with E-state index < -0.39 is 36.4 Å². The van der Waals surface area contributed by atoms with Crippen molar-refractivity contribution in [2.24, 2.45) is 0 Å². The predicted molar refractivity (Wildman–Crippen MR) is 77.0 cm³/mol. The number of rotatable bonds is 5. The zero-order valence-corrected chi connectivity index (χ0v) is 12.3. The Morgan fingerprint density at radius 3 is 2.59 bits per heavy atom. The van der Waals surface area contributed by atoms with Crippen molar-refractivity contribution in [3.05, 3.63) is 23.8 Å². The largest absolute Gasteiger partial charge is 0.481 e. The normalized spacial score (nSPS) is 18.4. The zero-order valence-electron chi connectivity index (χ0n) is 12.3. The number of anilines is 1. The molecule has 0 spiro atoms. The summed E-state index contributed by atoms with van der Waals surface area (Å²) in [6.45, 7) is 3.47. The van der Waals surface area contributed by atoms with Crippen LogP contribution >= 0.6 is 0 Å². The molecule has 0 saturated carbocycles. The van der Waals surface area contributed by atoms with Crippen LogP contribution in [0.2, 0.25) is 0 Å². The van der Waals surface area contributed by atoms with Gasteiger partial charge in [0.15, 0.2) is 6.10 Å². The molecule has 0 saturated heterocycles. The molecule has 7 nitrogen and oxygen atoms in total. The van der Waals surface area contributed by atoms with Gasteiger partial charge in [-0.15, -0.1) is 0 Å². The van der Waals surface area contributed by atoms with Gasteiger partial charge in [-0.2, -0.15) is 0 Å². The number of aryl methyl sites for hydroxylation is 1. The van der Waals surface area contributed by atoms with Crippen molar-refractivity contribution in [2.75, 3.05) is 4.90 Å². The van der Waals surface area contributed by atoms with Gasteiger partial charge in [0.05, 0.1) is 12.1 Å². The highest BCUT2D eigenvalue weighted by Gasteiger charge is 2.41. The number of ether oxygens (including phenoxy) is 1. The summed E-state index contributed by atoms with van der Waals surface area (Å²) >= 11 is 0. The molecule has 1 aliphatic rings. The fourth-order valence-corrected chi connectivity index (χ4v) is 2.47. The van der Waals surface area contributed by atoms with Gasteiger partial charge in [0.2, 0.25) is 0 Å². The van der Waals surface area contributed by atoms with Gasteiger partial charge in [-0.1, -0.05) is 13.0 Å². The number of hydrogen-bond acceptors (Lipinski definition) is 4. The Morgan fingerprint density at radius 1 is 1.36 bits per heavy atom. The van der Waals surface area contributed by atoms with Crippen LogP contribution in [0.4, 0.5) is 5.69 Å². The van der Waals surface area contributed by atoms with E-state index in [-0.39, 0.29) is 6.42 Å². The lowest BCUT2D eigenvalue weighted by Gasteiger charge is -2.37. The van der Waals surface area contributed by atoms with Crippen LogP contribution in [0, 0.1) is 6.92 Å². The summed E-state index contributed by atoms with van der Waals surface area (Å²) in [7, 11) is 0. The smallest absolute Gasteiger partial charge is 0.326 e. The van der Waals surface area contributed by atoms with Gasteiger partial charge in [0, 0.05) is 0 Å². The van der Waals surface area contributed by atoms with E-state index in [1.54, 1.807) is 25.1 Å². The van der Waals surface area contributed by atoms with E-state index in [4.69, 9.17) is 9.84 Å². The van der Waals surface area contributed by atoms with Crippen LogP contribution in [0.15, 0.2) is 18.2 Å². The first-order valence-corrected chi connectivity index (χ1v) is 6.90. The summed E-state index contributed by atoms with van der Waals surface area (Å²) < 4.78 is 5.45. The second-order valence-electron chi connectivity index (χ2n) is 5.15. The highest BCUT2D eigenvalue weighted by molar-refractivity contribution is 6.05. The quantitative estimate of drug-likeness (QED) is 0.852. The minimum Gasteiger partial charge on any atom is -0.481 e. The number of amides is 1. The van der Waals surface area contributed by atoms with E-state index in [0.29, 0.717) is 11.4 Å². The molecular formula is C15H17NO6. The lowest BCUT2D eigenvalue weighted by Crippen LogP contribution is -2.53. The molecule has 0 aliphatic carbocycles. The fourth-order valence-electron chi connectivity index (χ4n) is 2.47. The molecule has 22 heavy (non-hydrogen) atoms. The van der Waals surface area contributed by atoms with E-state index in [1.165, 1.54) is 0 Å². The number of fused-ring (bicyclic) bond motifs is 1. The topological polar surface area (TPSA) is 104 Å². The summed E-state index contributed by atoms with van der Waals surface area (Å²) in [5, 5.41) is 18.3. The number of aliphatic carboxylic acids is 2. The average molecular weight is 307 g/mol. The highest BCUT2D eigenvalue weighted by Crippen LogP contribution is 2.37. The Hall–Kier alpha value is -2.57. The summed E-state index contributed by atoms with van der Waals surface area (Å²) in [6, 6.07) is 3.98. The number of benzene rings is 1. The molecule has 1 aromatic rings. The maximum atomic E-state index is 12.5. The highest BCUT2D eigenvalue weighted by atomic mass is 16.5. The van der Waals surface area contributed by atoms with Gasteiger partial charge < -0.3 is 14.9 Å². The minimum atomic E-state index is -1.22. The molecule has 0 radical (unpaired) electrons. The summed E-state index contributed by atoms with van der Waals surface area (Å²) in [6.07, 6.45) is -1.53. The van der Waals surface area contributed by atoms with Gasteiger partial charge in [0.25, 0.3) is 5.91 Å². The number of carboxylic acid groups (broad SMARTS) is 2. The molecule has 0 aromatic heterocycles. The third kappa shape index (κ3) is 2.88. The van der Waals surface area contributed by atoms with E-state index in [9.17, 15) is 19.5 Å². The molecule has 2 N–H and O–H groups in total. The molecule has 7 heteroatoms. The van der Waals surface area contributed by atoms with Crippen LogP contribution in [0.25, 0.3) is 0 Å². The number of nitrogens with zero attached hydrogens (tertiary/aromatic N) is 1. The number of carboxylic acids is 2. The maximum absolute atomic E-state index is 12.5. The molecule has 0 bridgehead atoms. The van der Waals surface area contributed by atoms with Crippen LogP contribution in [0.5, 0.6) is 5.75 Å². The van der Waals surface area contributed by atoms with E-state index in [0.717, 1.165) is 10.5 Å². The summed E-state index contributed by atoms with van der Waals surface area (Å²) in [5.74, 6) is -2.65. The average Bonchev–Trinajstić information content (AvgIpc) is 2.43. The number of carbonyl (C=O) groups is 3. The van der Waals surface area contributed by atoms with E-state index in [2.05, 4.69) is 0 Å². The van der Waals surface area contributed by atoms with E-state index in [1.807, 2.05) is 6.92 Å². The Labute approximate surface area is 127 Å². The zero-order chi connectivity index (χ0) is 16.4. The van der Waals surface area contributed by atoms with Crippen LogP contribution in [0.3, 0.4) is 0 Å². The van der Waals surface area contributed by atoms with Gasteiger partial charge in [-0.25, -0.2) is 4.79 Å². The van der Waals surface area contributed by atoms with Crippen molar-refractivity contribution >= 4 is 23.5 Å². The molecule has 1 heterocycles. The standard InChI is InChI=1S/C15H17NO6/c1-3-9(15(20)21)16-10-6-8(2)4-5-11(10)22-12(14(16)19)7-13(17)18/h4-6,9,12H,3,7H2,1-2H3,(H,17,18)(H,20,21). The molecule has 1 aromatic carbocycles. The van der Waals surface area contributed by atoms with Gasteiger partial charge >= 0.3 is 11.9 Å². The molecule has 0 fully saturated rings.